The van der Waals surface area contributed by atoms with E-state index in [1.165, 1.54) is 25.7 Å². The molecule has 0 amide bonds. The van der Waals surface area contributed by atoms with Crippen molar-refractivity contribution in [3.05, 3.63) is 103 Å². The minimum Gasteiger partial charge on any atom is -0.376 e. The summed E-state index contributed by atoms with van der Waals surface area (Å²) >= 11 is 0. The predicted molar refractivity (Wildman–Crippen MR) is 147 cm³/mol. The molecule has 0 aliphatic rings. The van der Waals surface area contributed by atoms with Crippen molar-refractivity contribution in [1.82, 2.24) is 15.0 Å². The Morgan fingerprint density at radius 2 is 1.05 bits per heavy atom. The first-order valence-electron chi connectivity index (χ1n) is 13.3. The van der Waals surface area contributed by atoms with Crippen molar-refractivity contribution in [3.8, 4) is 0 Å². The summed E-state index contributed by atoms with van der Waals surface area (Å²) in [6, 6.07) is 11.9. The van der Waals surface area contributed by atoms with Crippen LogP contribution in [0.4, 0.5) is 0 Å². The van der Waals surface area contributed by atoms with E-state index >= 15 is 0 Å². The topological polar surface area (TPSA) is 66.4 Å². The summed E-state index contributed by atoms with van der Waals surface area (Å²) in [7, 11) is 0. The van der Waals surface area contributed by atoms with Gasteiger partial charge in [-0.2, -0.15) is 0 Å². The molecule has 198 valence electrons. The predicted octanol–water partition coefficient (Wildman–Crippen LogP) is 6.72. The molecule has 0 bridgehead atoms. The molecule has 0 aromatic carbocycles. The Balaban J connectivity index is 1.63. The Morgan fingerprint density at radius 3 is 1.46 bits per heavy atom. The van der Waals surface area contributed by atoms with Crippen LogP contribution < -0.4 is 0 Å². The van der Waals surface area contributed by atoms with E-state index in [2.05, 4.69) is 21.5 Å². The van der Waals surface area contributed by atoms with Gasteiger partial charge in [-0.25, -0.2) is 0 Å². The molecular weight excluding hydrogens is 462 g/mol. The van der Waals surface area contributed by atoms with Gasteiger partial charge in [0.15, 0.2) is 0 Å². The summed E-state index contributed by atoms with van der Waals surface area (Å²) in [5.74, 6) is 0. The van der Waals surface area contributed by atoms with Crippen molar-refractivity contribution >= 4 is 0 Å². The second-order valence-electron chi connectivity index (χ2n) is 9.66. The van der Waals surface area contributed by atoms with Gasteiger partial charge in [0.25, 0.3) is 0 Å². The Kier molecular flexibility index (Phi) is 13.6. The van der Waals surface area contributed by atoms with Crippen molar-refractivity contribution in [3.63, 3.8) is 0 Å². The van der Waals surface area contributed by atoms with Gasteiger partial charge in [0.05, 0.1) is 39.6 Å². The maximum atomic E-state index is 6.27. The van der Waals surface area contributed by atoms with Crippen LogP contribution in [0.2, 0.25) is 0 Å². The molecule has 0 saturated heterocycles. The normalized spacial score (nSPS) is 11.5. The number of hydrogen-bond donors (Lipinski definition) is 0. The summed E-state index contributed by atoms with van der Waals surface area (Å²) < 4.78 is 18.8. The highest BCUT2D eigenvalue weighted by molar-refractivity contribution is 5.08. The number of rotatable bonds is 20. The van der Waals surface area contributed by atoms with Gasteiger partial charge in [-0.1, -0.05) is 50.0 Å². The highest BCUT2D eigenvalue weighted by Crippen LogP contribution is 2.29. The lowest BCUT2D eigenvalue weighted by Gasteiger charge is -2.33. The highest BCUT2D eigenvalue weighted by Gasteiger charge is 2.31. The second kappa shape index (κ2) is 17.5. The Bertz CT molecular complexity index is 860. The van der Waals surface area contributed by atoms with E-state index in [9.17, 15) is 0 Å². The standard InChI is InChI=1S/C31H41N3O3/c1-2-3-4-5-6-7-8-15-31(25-35-22-28-12-9-16-32-19-28,26-36-23-29-13-10-17-33-20-29)27-37-24-30-14-11-18-34-21-30/h2,9-14,16-21H,1,3-8,15,22-27H2. The molecule has 3 aromatic rings. The first kappa shape index (κ1) is 28.6. The van der Waals surface area contributed by atoms with Gasteiger partial charge in [0.1, 0.15) is 0 Å². The van der Waals surface area contributed by atoms with Crippen LogP contribution in [-0.2, 0) is 34.0 Å². The Morgan fingerprint density at radius 1 is 0.622 bits per heavy atom. The Labute approximate surface area is 222 Å². The molecule has 0 N–H and O–H groups in total. The van der Waals surface area contributed by atoms with Gasteiger partial charge >= 0.3 is 0 Å². The first-order valence-corrected chi connectivity index (χ1v) is 13.3. The minimum atomic E-state index is -0.256. The fraction of sp³-hybridized carbons (Fsp3) is 0.452. The van der Waals surface area contributed by atoms with Gasteiger partial charge < -0.3 is 14.2 Å². The molecule has 37 heavy (non-hydrogen) atoms. The van der Waals surface area contributed by atoms with Crippen LogP contribution in [0, 0.1) is 5.41 Å². The van der Waals surface area contributed by atoms with E-state index in [-0.39, 0.29) is 5.41 Å². The molecule has 0 fully saturated rings. The van der Waals surface area contributed by atoms with Crippen LogP contribution in [-0.4, -0.2) is 34.8 Å². The van der Waals surface area contributed by atoms with Crippen molar-refractivity contribution in [2.45, 2.75) is 64.8 Å². The van der Waals surface area contributed by atoms with E-state index in [0.717, 1.165) is 36.0 Å². The van der Waals surface area contributed by atoms with Crippen LogP contribution in [0.5, 0.6) is 0 Å². The monoisotopic (exact) mass is 503 g/mol. The third-order valence-corrected chi connectivity index (χ3v) is 6.31. The first-order chi connectivity index (χ1) is 18.3. The summed E-state index contributed by atoms with van der Waals surface area (Å²) in [5, 5.41) is 0. The van der Waals surface area contributed by atoms with Crippen molar-refractivity contribution in [2.75, 3.05) is 19.8 Å². The number of ether oxygens (including phenoxy) is 3. The number of allylic oxidation sites excluding steroid dienone is 1. The molecule has 0 spiro atoms. The van der Waals surface area contributed by atoms with E-state index in [1.807, 2.05) is 61.1 Å². The molecular formula is C31H41N3O3. The van der Waals surface area contributed by atoms with E-state index < -0.39 is 0 Å². The van der Waals surface area contributed by atoms with E-state index in [4.69, 9.17) is 14.2 Å². The molecule has 0 unspecified atom stereocenters. The average molecular weight is 504 g/mol. The largest absolute Gasteiger partial charge is 0.376 e. The van der Waals surface area contributed by atoms with Crippen molar-refractivity contribution in [1.29, 1.82) is 0 Å². The molecule has 0 atom stereocenters. The lowest BCUT2D eigenvalue weighted by Crippen LogP contribution is -2.37. The fourth-order valence-electron chi connectivity index (χ4n) is 4.27. The summed E-state index contributed by atoms with van der Waals surface area (Å²) in [6.45, 7) is 7.04. The summed E-state index contributed by atoms with van der Waals surface area (Å²) in [4.78, 5) is 12.6. The lowest BCUT2D eigenvalue weighted by molar-refractivity contribution is -0.0850. The molecule has 0 aliphatic carbocycles. The van der Waals surface area contributed by atoms with Crippen molar-refractivity contribution < 1.29 is 14.2 Å². The number of nitrogens with zero attached hydrogens (tertiary/aromatic N) is 3. The maximum Gasteiger partial charge on any atom is 0.0732 e. The van der Waals surface area contributed by atoms with Gasteiger partial charge in [0.2, 0.25) is 0 Å². The molecule has 0 saturated carbocycles. The number of aromatic nitrogens is 3. The minimum absolute atomic E-state index is 0.256. The fourth-order valence-corrected chi connectivity index (χ4v) is 4.27. The van der Waals surface area contributed by atoms with Crippen LogP contribution in [0.3, 0.4) is 0 Å². The lowest BCUT2D eigenvalue weighted by atomic mass is 9.84. The van der Waals surface area contributed by atoms with Gasteiger partial charge in [-0.05, 0) is 54.2 Å². The molecule has 0 radical (unpaired) electrons. The molecule has 3 aromatic heterocycles. The van der Waals surface area contributed by atoms with Gasteiger partial charge in [-0.15, -0.1) is 6.58 Å². The molecule has 6 heteroatoms. The molecule has 3 rings (SSSR count). The number of hydrogen-bond acceptors (Lipinski definition) is 6. The SMILES string of the molecule is C=CCCCCCCCC(COCc1cccnc1)(COCc1cccnc1)COCc1cccnc1. The number of unbranched alkanes of at least 4 members (excludes halogenated alkanes) is 5. The number of pyridine rings is 3. The third-order valence-electron chi connectivity index (χ3n) is 6.31. The van der Waals surface area contributed by atoms with E-state index in [1.54, 1.807) is 18.6 Å². The smallest absolute Gasteiger partial charge is 0.0732 e. The quantitative estimate of drug-likeness (QED) is 0.126. The summed E-state index contributed by atoms with van der Waals surface area (Å²) in [5.41, 5.74) is 2.93. The maximum absolute atomic E-state index is 6.27. The zero-order valence-corrected chi connectivity index (χ0v) is 22.0. The molecule has 6 nitrogen and oxygen atoms in total. The van der Waals surface area contributed by atoms with Crippen molar-refractivity contribution in [2.24, 2.45) is 5.41 Å². The van der Waals surface area contributed by atoms with Crippen LogP contribution in [0.15, 0.2) is 86.2 Å². The Hall–Kier alpha value is -2.93. The van der Waals surface area contributed by atoms with Crippen LogP contribution >= 0.6 is 0 Å². The molecule has 0 aliphatic heterocycles. The summed E-state index contributed by atoms with van der Waals surface area (Å²) in [6.07, 6.45) is 20.9. The van der Waals surface area contributed by atoms with Gasteiger partial charge in [0, 0.05) is 42.6 Å². The zero-order valence-electron chi connectivity index (χ0n) is 22.0. The third kappa shape index (κ3) is 11.8. The zero-order chi connectivity index (χ0) is 25.9. The van der Waals surface area contributed by atoms with Crippen LogP contribution in [0.25, 0.3) is 0 Å². The van der Waals surface area contributed by atoms with E-state index in [0.29, 0.717) is 39.6 Å². The van der Waals surface area contributed by atoms with Crippen LogP contribution in [0.1, 0.15) is 61.6 Å². The van der Waals surface area contributed by atoms with Gasteiger partial charge in [-0.3, -0.25) is 15.0 Å². The second-order valence-corrected chi connectivity index (χ2v) is 9.66. The average Bonchev–Trinajstić information content (AvgIpc) is 2.94. The highest BCUT2D eigenvalue weighted by atomic mass is 16.5. The molecule has 3 heterocycles.